The zero-order valence-electron chi connectivity index (χ0n) is 9.14. The normalized spacial score (nSPS) is 12.1. The van der Waals surface area contributed by atoms with Crippen molar-refractivity contribution in [3.63, 3.8) is 0 Å². The van der Waals surface area contributed by atoms with Crippen LogP contribution in [0.3, 0.4) is 0 Å². The van der Waals surface area contributed by atoms with Crippen LogP contribution in [0.4, 0.5) is 5.69 Å². The highest BCUT2D eigenvalue weighted by atomic mass is 16.5. The summed E-state index contributed by atoms with van der Waals surface area (Å²) in [6.07, 6.45) is -0.699. The quantitative estimate of drug-likeness (QED) is 0.615. The summed E-state index contributed by atoms with van der Waals surface area (Å²) in [7, 11) is 1.49. The van der Waals surface area contributed by atoms with Crippen molar-refractivity contribution in [1.29, 1.82) is 0 Å². The number of carbonyl (C=O) groups is 1. The Morgan fingerprint density at radius 3 is 3.00 bits per heavy atom. The number of hydrogen-bond donors (Lipinski definition) is 3. The highest BCUT2D eigenvalue weighted by molar-refractivity contribution is 5.94. The highest BCUT2D eigenvalue weighted by Crippen LogP contribution is 2.05. The zero-order valence-corrected chi connectivity index (χ0v) is 9.14. The molecular weight excluding hydrogens is 208 g/mol. The Kier molecular flexibility index (Phi) is 4.75. The van der Waals surface area contributed by atoms with Gasteiger partial charge in [-0.05, 0) is 18.2 Å². The Bertz CT molecular complexity index is 355. The number of ether oxygens (including phenoxy) is 1. The second kappa shape index (κ2) is 6.09. The number of methoxy groups -OCH3 is 1. The number of aliphatic hydroxyl groups is 1. The van der Waals surface area contributed by atoms with Crippen molar-refractivity contribution < 1.29 is 14.6 Å². The minimum atomic E-state index is -0.699. The maximum absolute atomic E-state index is 11.6. The molecule has 1 atom stereocenters. The molecule has 88 valence electrons. The van der Waals surface area contributed by atoms with Crippen LogP contribution in [0.15, 0.2) is 24.3 Å². The van der Waals surface area contributed by atoms with Crippen molar-refractivity contribution in [2.24, 2.45) is 0 Å². The molecule has 16 heavy (non-hydrogen) atoms. The number of hydrogen-bond acceptors (Lipinski definition) is 4. The molecule has 4 N–H and O–H groups in total. The summed E-state index contributed by atoms with van der Waals surface area (Å²) in [5.74, 6) is -0.262. The Hall–Kier alpha value is -1.59. The predicted octanol–water partition coefficient (Wildman–Crippen LogP) is 0.00590. The van der Waals surface area contributed by atoms with Crippen LogP contribution in [0, 0.1) is 0 Å². The van der Waals surface area contributed by atoms with Crippen molar-refractivity contribution in [3.05, 3.63) is 29.8 Å². The number of anilines is 1. The lowest BCUT2D eigenvalue weighted by atomic mass is 10.2. The molecule has 0 aliphatic carbocycles. The van der Waals surface area contributed by atoms with Crippen molar-refractivity contribution in [2.45, 2.75) is 6.10 Å². The molecule has 1 unspecified atom stereocenters. The van der Waals surface area contributed by atoms with Crippen LogP contribution in [0.25, 0.3) is 0 Å². The van der Waals surface area contributed by atoms with E-state index in [2.05, 4.69) is 5.32 Å². The van der Waals surface area contributed by atoms with E-state index in [1.165, 1.54) is 7.11 Å². The van der Waals surface area contributed by atoms with Gasteiger partial charge in [0.2, 0.25) is 0 Å². The molecule has 1 rings (SSSR count). The Morgan fingerprint density at radius 1 is 1.62 bits per heavy atom. The number of nitrogen functional groups attached to an aromatic ring is 1. The number of nitrogens with two attached hydrogens (primary N) is 1. The molecule has 0 saturated carbocycles. The number of benzene rings is 1. The molecule has 0 heterocycles. The van der Waals surface area contributed by atoms with Gasteiger partial charge < -0.3 is 20.9 Å². The first-order valence-corrected chi connectivity index (χ1v) is 4.94. The molecule has 0 fully saturated rings. The monoisotopic (exact) mass is 224 g/mol. The van der Waals surface area contributed by atoms with E-state index in [0.29, 0.717) is 11.3 Å². The third kappa shape index (κ3) is 3.88. The van der Waals surface area contributed by atoms with Crippen LogP contribution in [-0.4, -0.2) is 37.4 Å². The van der Waals surface area contributed by atoms with Crippen LogP contribution in [-0.2, 0) is 4.74 Å². The SMILES string of the molecule is COCC(O)CNC(=O)c1cccc(N)c1. The molecule has 0 bridgehead atoms. The van der Waals surface area contributed by atoms with E-state index >= 15 is 0 Å². The predicted molar refractivity (Wildman–Crippen MR) is 61.1 cm³/mol. The number of amides is 1. The van der Waals surface area contributed by atoms with Gasteiger partial charge in [-0.1, -0.05) is 6.07 Å². The number of aliphatic hydroxyl groups excluding tert-OH is 1. The van der Waals surface area contributed by atoms with Gasteiger partial charge in [0.15, 0.2) is 0 Å². The molecule has 1 amide bonds. The van der Waals surface area contributed by atoms with Gasteiger partial charge in [0, 0.05) is 24.9 Å². The first-order valence-electron chi connectivity index (χ1n) is 4.94. The average molecular weight is 224 g/mol. The zero-order chi connectivity index (χ0) is 12.0. The molecular formula is C11H16N2O3. The minimum Gasteiger partial charge on any atom is -0.399 e. The van der Waals surface area contributed by atoms with E-state index in [0.717, 1.165) is 0 Å². The van der Waals surface area contributed by atoms with E-state index in [9.17, 15) is 9.90 Å². The van der Waals surface area contributed by atoms with Crippen LogP contribution >= 0.6 is 0 Å². The third-order valence-corrected chi connectivity index (χ3v) is 2.01. The van der Waals surface area contributed by atoms with E-state index < -0.39 is 6.10 Å². The Morgan fingerprint density at radius 2 is 2.38 bits per heavy atom. The maximum atomic E-state index is 11.6. The number of carbonyl (C=O) groups excluding carboxylic acids is 1. The summed E-state index contributed by atoms with van der Waals surface area (Å²) in [5.41, 5.74) is 6.56. The lowest BCUT2D eigenvalue weighted by Crippen LogP contribution is -2.34. The molecule has 5 nitrogen and oxygen atoms in total. The van der Waals surface area contributed by atoms with Crippen molar-refractivity contribution in [1.82, 2.24) is 5.32 Å². The number of nitrogens with one attached hydrogen (secondary N) is 1. The van der Waals surface area contributed by atoms with Crippen LogP contribution in [0.1, 0.15) is 10.4 Å². The Labute approximate surface area is 94.2 Å². The van der Waals surface area contributed by atoms with Gasteiger partial charge in [-0.15, -0.1) is 0 Å². The summed E-state index contributed by atoms with van der Waals surface area (Å²) in [6.45, 7) is 0.346. The van der Waals surface area contributed by atoms with Gasteiger partial charge in [-0.25, -0.2) is 0 Å². The van der Waals surface area contributed by atoms with E-state index in [1.54, 1.807) is 24.3 Å². The van der Waals surface area contributed by atoms with Gasteiger partial charge in [0.05, 0.1) is 12.7 Å². The first kappa shape index (κ1) is 12.5. The molecule has 0 spiro atoms. The largest absolute Gasteiger partial charge is 0.399 e. The van der Waals surface area contributed by atoms with E-state index in [-0.39, 0.29) is 19.1 Å². The van der Waals surface area contributed by atoms with Gasteiger partial charge in [0.25, 0.3) is 5.91 Å². The molecule has 0 aromatic heterocycles. The van der Waals surface area contributed by atoms with Crippen LogP contribution in [0.5, 0.6) is 0 Å². The van der Waals surface area contributed by atoms with Gasteiger partial charge in [-0.3, -0.25) is 4.79 Å². The molecule has 1 aromatic rings. The van der Waals surface area contributed by atoms with Crippen molar-refractivity contribution >= 4 is 11.6 Å². The third-order valence-electron chi connectivity index (χ3n) is 2.01. The lowest BCUT2D eigenvalue weighted by Gasteiger charge is -2.10. The van der Waals surface area contributed by atoms with Crippen LogP contribution in [0.2, 0.25) is 0 Å². The average Bonchev–Trinajstić information content (AvgIpc) is 2.26. The summed E-state index contributed by atoms with van der Waals surface area (Å²) >= 11 is 0. The number of rotatable bonds is 5. The topological polar surface area (TPSA) is 84.6 Å². The summed E-state index contributed by atoms with van der Waals surface area (Å²) in [4.78, 5) is 11.6. The highest BCUT2D eigenvalue weighted by Gasteiger charge is 2.08. The molecule has 1 aromatic carbocycles. The summed E-state index contributed by atoms with van der Waals surface area (Å²) in [5, 5.41) is 11.9. The molecule has 0 saturated heterocycles. The van der Waals surface area contributed by atoms with Gasteiger partial charge in [0.1, 0.15) is 0 Å². The second-order valence-corrected chi connectivity index (χ2v) is 3.44. The first-order chi connectivity index (χ1) is 7.63. The van der Waals surface area contributed by atoms with Crippen LogP contribution < -0.4 is 11.1 Å². The van der Waals surface area contributed by atoms with Crippen molar-refractivity contribution in [2.75, 3.05) is 26.0 Å². The lowest BCUT2D eigenvalue weighted by molar-refractivity contribution is 0.0610. The van der Waals surface area contributed by atoms with Gasteiger partial charge in [-0.2, -0.15) is 0 Å². The van der Waals surface area contributed by atoms with E-state index in [4.69, 9.17) is 10.5 Å². The van der Waals surface area contributed by atoms with Gasteiger partial charge >= 0.3 is 0 Å². The van der Waals surface area contributed by atoms with Crippen molar-refractivity contribution in [3.8, 4) is 0 Å². The second-order valence-electron chi connectivity index (χ2n) is 3.44. The fourth-order valence-corrected chi connectivity index (χ4v) is 1.24. The summed E-state index contributed by atoms with van der Waals surface area (Å²) in [6, 6.07) is 6.65. The molecule has 0 aliphatic rings. The molecule has 0 radical (unpaired) electrons. The standard InChI is InChI=1S/C11H16N2O3/c1-16-7-10(14)6-13-11(15)8-3-2-4-9(12)5-8/h2-5,10,14H,6-7,12H2,1H3,(H,13,15). The fourth-order valence-electron chi connectivity index (χ4n) is 1.24. The summed E-state index contributed by atoms with van der Waals surface area (Å²) < 4.78 is 4.74. The maximum Gasteiger partial charge on any atom is 0.251 e. The Balaban J connectivity index is 2.47. The minimum absolute atomic E-state index is 0.154. The molecule has 0 aliphatic heterocycles. The smallest absolute Gasteiger partial charge is 0.251 e. The van der Waals surface area contributed by atoms with E-state index in [1.807, 2.05) is 0 Å². The fraction of sp³-hybridized carbons (Fsp3) is 0.364. The molecule has 5 heteroatoms.